The fourth-order valence-corrected chi connectivity index (χ4v) is 11.5. The van der Waals surface area contributed by atoms with Crippen LogP contribution in [0.3, 0.4) is 0 Å². The maximum atomic E-state index is 15.2. The summed E-state index contributed by atoms with van der Waals surface area (Å²) in [6, 6.07) is 1.67. The number of aliphatic hydroxyl groups is 2. The Morgan fingerprint density at radius 2 is 1.66 bits per heavy atom. The third-order valence-electron chi connectivity index (χ3n) is 14.2. The van der Waals surface area contributed by atoms with E-state index in [-0.39, 0.29) is 76.2 Å². The number of fused-ring (bicyclic) bond motifs is 2. The first-order valence-electron chi connectivity index (χ1n) is 24.1. The molecule has 23 heteroatoms. The number of hydrogen-bond donors (Lipinski definition) is 9. The molecule has 4 aliphatic heterocycles. The number of aliphatic carboxylic acids is 1. The lowest BCUT2D eigenvalue weighted by Gasteiger charge is -2.42. The zero-order chi connectivity index (χ0) is 50.2. The number of rotatable bonds is 18. The summed E-state index contributed by atoms with van der Waals surface area (Å²) in [4.78, 5) is 123. The zero-order valence-corrected chi connectivity index (χ0v) is 39.8. The third-order valence-corrected chi connectivity index (χ3v) is 15.1. The van der Waals surface area contributed by atoms with Crippen molar-refractivity contribution in [1.29, 1.82) is 0 Å². The summed E-state index contributed by atoms with van der Waals surface area (Å²) in [5.41, 5.74) is 18.7. The minimum absolute atomic E-state index is 0.00295. The number of thiophene rings is 1. The third kappa shape index (κ3) is 11.8. The van der Waals surface area contributed by atoms with Crippen LogP contribution in [0.25, 0.3) is 0 Å². The molecule has 7 amide bonds. The highest BCUT2D eigenvalue weighted by molar-refractivity contribution is 7.09. The van der Waals surface area contributed by atoms with E-state index in [9.17, 15) is 44.1 Å². The number of hydrogen-bond acceptors (Lipinski definition) is 15. The van der Waals surface area contributed by atoms with E-state index >= 15 is 9.59 Å². The van der Waals surface area contributed by atoms with E-state index < -0.39 is 109 Å². The van der Waals surface area contributed by atoms with E-state index in [4.69, 9.17) is 17.2 Å². The molecule has 380 valence electrons. The van der Waals surface area contributed by atoms with E-state index in [2.05, 4.69) is 20.9 Å². The van der Waals surface area contributed by atoms with E-state index in [1.165, 1.54) is 26.0 Å². The zero-order valence-electron chi connectivity index (χ0n) is 39.0. The first-order valence-corrected chi connectivity index (χ1v) is 25.0. The van der Waals surface area contributed by atoms with Gasteiger partial charge in [-0.3, -0.25) is 43.9 Å². The van der Waals surface area contributed by atoms with Crippen LogP contribution in [0.15, 0.2) is 46.8 Å². The molecule has 5 heterocycles. The van der Waals surface area contributed by atoms with Crippen LogP contribution in [0, 0.1) is 5.92 Å². The number of likely N-dealkylation sites (tertiary alicyclic amines) is 2. The van der Waals surface area contributed by atoms with Gasteiger partial charge >= 0.3 is 5.97 Å². The Morgan fingerprint density at radius 3 is 2.34 bits per heavy atom. The molecule has 2 unspecified atom stereocenters. The lowest BCUT2D eigenvalue weighted by molar-refractivity contribution is -0.159. The van der Waals surface area contributed by atoms with Gasteiger partial charge in [0.2, 0.25) is 23.6 Å². The SMILES string of the molecule is NC(N)=NCCC[C@H](N)C(=O)N1CCC[C@H]1C(=O)N(C(=O)CNC(=O)[C@@H]1C[C@H](O)CN1)C(=O)[C@H](Cc1cccs1)NC(CO)C(=O)N1Cc2ccccc2CC1C(=O)N1[C@@H](C(=O)O)C[C@@H]2CCCC[C@@H]21. The van der Waals surface area contributed by atoms with Crippen molar-refractivity contribution in [2.75, 3.05) is 32.8 Å². The van der Waals surface area contributed by atoms with Gasteiger partial charge in [0, 0.05) is 49.9 Å². The smallest absolute Gasteiger partial charge is 0.326 e. The molecule has 5 aliphatic rings. The van der Waals surface area contributed by atoms with Crippen molar-refractivity contribution in [1.82, 2.24) is 35.6 Å². The second-order valence-electron chi connectivity index (χ2n) is 18.9. The highest BCUT2D eigenvalue weighted by atomic mass is 32.1. The molecular formula is C47H65N11O11S. The Bertz CT molecular complexity index is 2300. The number of β-amino-alcohol motifs (C(OH)–C–C–N with tert-alkyl or cyclic N) is 1. The molecule has 10 atom stereocenters. The van der Waals surface area contributed by atoms with Crippen molar-refractivity contribution < 1.29 is 53.7 Å². The summed E-state index contributed by atoms with van der Waals surface area (Å²) in [6.07, 6.45) is 3.47. The Hall–Kier alpha value is -5.85. The van der Waals surface area contributed by atoms with Crippen LogP contribution in [-0.4, -0.2) is 175 Å². The second kappa shape index (κ2) is 23.4. The molecule has 0 radical (unpaired) electrons. The number of imide groups is 3. The Labute approximate surface area is 409 Å². The Balaban J connectivity index is 1.18. The van der Waals surface area contributed by atoms with Crippen LogP contribution in [0.5, 0.6) is 0 Å². The molecule has 12 N–H and O–H groups in total. The number of nitrogens with one attached hydrogen (secondary N) is 3. The molecule has 0 bridgehead atoms. The lowest BCUT2D eigenvalue weighted by Crippen LogP contribution is -2.64. The van der Waals surface area contributed by atoms with Crippen LogP contribution in [0.2, 0.25) is 0 Å². The predicted molar refractivity (Wildman–Crippen MR) is 254 cm³/mol. The van der Waals surface area contributed by atoms with Crippen LogP contribution < -0.4 is 33.2 Å². The largest absolute Gasteiger partial charge is 0.480 e. The molecule has 22 nitrogen and oxygen atoms in total. The molecule has 3 saturated heterocycles. The van der Waals surface area contributed by atoms with E-state index in [1.54, 1.807) is 23.6 Å². The number of carbonyl (C=O) groups excluding carboxylic acids is 7. The number of carbonyl (C=O) groups is 8. The number of amides is 7. The van der Waals surface area contributed by atoms with Crippen molar-refractivity contribution >= 4 is 64.6 Å². The second-order valence-corrected chi connectivity index (χ2v) is 19.9. The van der Waals surface area contributed by atoms with Gasteiger partial charge in [-0.1, -0.05) is 43.2 Å². The normalized spacial score (nSPS) is 25.2. The van der Waals surface area contributed by atoms with Gasteiger partial charge in [0.05, 0.1) is 37.4 Å². The van der Waals surface area contributed by atoms with E-state index in [1.807, 2.05) is 18.2 Å². The summed E-state index contributed by atoms with van der Waals surface area (Å²) in [5, 5.41) is 41.4. The van der Waals surface area contributed by atoms with Gasteiger partial charge in [-0.2, -0.15) is 0 Å². The van der Waals surface area contributed by atoms with Crippen molar-refractivity contribution in [3.05, 3.63) is 57.8 Å². The van der Waals surface area contributed by atoms with Crippen molar-refractivity contribution in [3.8, 4) is 0 Å². The topological polar surface area (TPSA) is 337 Å². The van der Waals surface area contributed by atoms with Crippen molar-refractivity contribution in [3.63, 3.8) is 0 Å². The molecule has 4 fully saturated rings. The van der Waals surface area contributed by atoms with Crippen LogP contribution in [0.4, 0.5) is 0 Å². The van der Waals surface area contributed by atoms with Crippen molar-refractivity contribution in [2.24, 2.45) is 28.1 Å². The molecule has 70 heavy (non-hydrogen) atoms. The monoisotopic (exact) mass is 991 g/mol. The Kier molecular flexibility index (Phi) is 17.4. The maximum Gasteiger partial charge on any atom is 0.326 e. The summed E-state index contributed by atoms with van der Waals surface area (Å²) < 4.78 is 0. The van der Waals surface area contributed by atoms with Gasteiger partial charge in [-0.25, -0.2) is 9.69 Å². The molecular weight excluding hydrogens is 927 g/mol. The van der Waals surface area contributed by atoms with Crippen LogP contribution >= 0.6 is 11.3 Å². The molecule has 1 aromatic heterocycles. The molecule has 7 rings (SSSR count). The number of guanidine groups is 1. The number of nitrogens with zero attached hydrogens (tertiary/aromatic N) is 5. The first-order chi connectivity index (χ1) is 33.6. The van der Waals surface area contributed by atoms with E-state index in [0.717, 1.165) is 30.4 Å². The van der Waals surface area contributed by atoms with Gasteiger partial charge in [0.25, 0.3) is 17.7 Å². The standard InChI is InChI=1S/C47H65N11O11S/c48-31(12-5-15-51-47(49)50)41(63)55-16-6-14-36(55)44(66)58(39(61)23-53-40(62)32-20-29(60)22-52-32)43(65)33(21-30-11-7-17-70-30)54-34(25-59)42(64)56-24-28-10-2-1-8-26(28)18-37(56)45(67)57-35-13-4-3-9-27(35)19-38(57)46(68)69/h1-2,7-8,10-11,17,27,29,31-38,52,54,59-60H,3-6,9,12-16,18-25,48H2,(H,53,62)(H,68,69)(H4,49,50,51)/t27-,29-,31-,32-,33-,34?,35-,36-,37?,38+/m0/s1. The number of aliphatic imine (C=N–C) groups is 1. The molecule has 2 aromatic rings. The molecule has 0 spiro atoms. The highest BCUT2D eigenvalue weighted by Gasteiger charge is 2.52. The van der Waals surface area contributed by atoms with Gasteiger partial charge in [0.15, 0.2) is 5.96 Å². The number of aliphatic hydroxyl groups excluding tert-OH is 2. The molecule has 1 aromatic carbocycles. The summed E-state index contributed by atoms with van der Waals surface area (Å²) >= 11 is 1.25. The number of carboxylic acid groups (broad SMARTS) is 1. The van der Waals surface area contributed by atoms with Crippen molar-refractivity contribution in [2.45, 2.75) is 138 Å². The average Bonchev–Trinajstić information content (AvgIpc) is 4.20. The quantitative estimate of drug-likeness (QED) is 0.0439. The van der Waals surface area contributed by atoms with E-state index in [0.29, 0.717) is 35.5 Å². The van der Waals surface area contributed by atoms with Gasteiger partial charge in [0.1, 0.15) is 24.2 Å². The minimum atomic E-state index is -1.60. The summed E-state index contributed by atoms with van der Waals surface area (Å²) in [7, 11) is 0. The summed E-state index contributed by atoms with van der Waals surface area (Å²) in [5.74, 6) is -7.19. The Morgan fingerprint density at radius 1 is 0.900 bits per heavy atom. The van der Waals surface area contributed by atoms with Gasteiger partial charge < -0.3 is 57.9 Å². The highest BCUT2D eigenvalue weighted by Crippen LogP contribution is 2.41. The molecule has 1 aliphatic carbocycles. The lowest BCUT2D eigenvalue weighted by atomic mass is 9.84. The van der Waals surface area contributed by atoms with Crippen LogP contribution in [0.1, 0.15) is 80.2 Å². The molecule has 1 saturated carbocycles. The number of nitrogens with two attached hydrogens (primary N) is 3. The number of carboxylic acids is 1. The first kappa shape index (κ1) is 52.0. The minimum Gasteiger partial charge on any atom is -0.480 e. The van der Waals surface area contributed by atoms with Gasteiger partial charge in [-0.15, -0.1) is 11.3 Å². The number of benzene rings is 1. The fourth-order valence-electron chi connectivity index (χ4n) is 10.7. The average molecular weight is 992 g/mol. The predicted octanol–water partition coefficient (Wildman–Crippen LogP) is -2.10. The fraction of sp³-hybridized carbons (Fsp3) is 0.596. The maximum absolute atomic E-state index is 15.2. The van der Waals surface area contributed by atoms with Crippen LogP contribution in [-0.2, 0) is 57.7 Å². The summed E-state index contributed by atoms with van der Waals surface area (Å²) in [6.45, 7) is -1.39. The van der Waals surface area contributed by atoms with Gasteiger partial charge in [-0.05, 0) is 79.9 Å².